The molecule has 0 saturated carbocycles. The van der Waals surface area contributed by atoms with Gasteiger partial charge in [-0.2, -0.15) is 0 Å². The average molecular weight is 692 g/mol. The van der Waals surface area contributed by atoms with Crippen molar-refractivity contribution in [2.45, 2.75) is 82.1 Å². The molecule has 0 bridgehead atoms. The van der Waals surface area contributed by atoms with Crippen molar-refractivity contribution in [2.24, 2.45) is 17.2 Å². The molecule has 49 heavy (non-hydrogen) atoms. The fourth-order valence-electron chi connectivity index (χ4n) is 4.42. The van der Waals surface area contributed by atoms with Gasteiger partial charge in [-0.15, -0.1) is 0 Å². The van der Waals surface area contributed by atoms with Gasteiger partial charge < -0.3 is 59.3 Å². The van der Waals surface area contributed by atoms with Crippen LogP contribution in [0.5, 0.6) is 0 Å². The van der Waals surface area contributed by atoms with Gasteiger partial charge in [-0.25, -0.2) is 4.79 Å². The molecule has 19 nitrogen and oxygen atoms in total. The van der Waals surface area contributed by atoms with Gasteiger partial charge in [0, 0.05) is 25.9 Å². The average Bonchev–Trinajstić information content (AvgIpc) is 3.04. The Morgan fingerprint density at radius 2 is 1.24 bits per heavy atom. The Morgan fingerprint density at radius 1 is 0.735 bits per heavy atom. The van der Waals surface area contributed by atoms with E-state index in [0.29, 0.717) is 18.5 Å². The number of benzene rings is 1. The largest absolute Gasteiger partial charge is 0.480 e. The maximum absolute atomic E-state index is 13.6. The summed E-state index contributed by atoms with van der Waals surface area (Å²) in [6.07, 6.45) is 0.288. The van der Waals surface area contributed by atoms with Crippen molar-refractivity contribution in [3.05, 3.63) is 35.9 Å². The Bertz CT molecular complexity index is 1300. The Kier molecular flexibility index (Phi) is 19.0. The van der Waals surface area contributed by atoms with Crippen LogP contribution in [-0.2, 0) is 35.2 Å². The number of aliphatic carboxylic acids is 1. The monoisotopic (exact) mass is 691 g/mol. The van der Waals surface area contributed by atoms with Crippen LogP contribution in [0, 0.1) is 10.8 Å². The van der Waals surface area contributed by atoms with E-state index in [-0.39, 0.29) is 56.9 Å². The number of primary amides is 1. The molecular formula is C30H49N11O8. The minimum atomic E-state index is -1.59. The molecular weight excluding hydrogens is 642 g/mol. The molecule has 272 valence electrons. The summed E-state index contributed by atoms with van der Waals surface area (Å²) >= 11 is 0. The van der Waals surface area contributed by atoms with Gasteiger partial charge in [-0.1, -0.05) is 30.3 Å². The molecule has 0 aliphatic heterocycles. The number of amidine groups is 1. The SMILES string of the molecule is CC(=N)NCCC[C@H](NC(=O)[C@@H](N)CCC(N)=O)C(=O)N[C@@H](Cc1ccccc1)C(=O)N[C@@H](CO)C(=O)N[C@@H](CCCNC(=N)N)C(=O)O. The summed E-state index contributed by atoms with van der Waals surface area (Å²) in [5.74, 6) is -5.50. The summed E-state index contributed by atoms with van der Waals surface area (Å²) in [5.41, 5.74) is 16.9. The van der Waals surface area contributed by atoms with Crippen LogP contribution in [0.15, 0.2) is 30.3 Å². The number of aliphatic hydroxyl groups is 1. The fourth-order valence-corrected chi connectivity index (χ4v) is 4.42. The summed E-state index contributed by atoms with van der Waals surface area (Å²) in [7, 11) is 0. The van der Waals surface area contributed by atoms with Gasteiger partial charge in [0.1, 0.15) is 24.2 Å². The lowest BCUT2D eigenvalue weighted by Gasteiger charge is -2.26. The van der Waals surface area contributed by atoms with E-state index in [0.717, 1.165) is 0 Å². The predicted octanol–water partition coefficient (Wildman–Crippen LogP) is -3.53. The highest BCUT2D eigenvalue weighted by Crippen LogP contribution is 2.07. The number of nitrogens with one attached hydrogen (secondary N) is 8. The van der Waals surface area contributed by atoms with Crippen LogP contribution in [-0.4, -0.2) is 107 Å². The molecule has 19 heteroatoms. The number of carboxylic acids is 1. The van der Waals surface area contributed by atoms with Gasteiger partial charge in [0.25, 0.3) is 0 Å². The van der Waals surface area contributed by atoms with Gasteiger partial charge in [-0.05, 0) is 44.6 Å². The topological polar surface area (TPSA) is 341 Å². The Hall–Kier alpha value is -5.30. The Labute approximate surface area is 283 Å². The van der Waals surface area contributed by atoms with Crippen molar-refractivity contribution in [3.8, 4) is 0 Å². The number of amides is 5. The molecule has 16 N–H and O–H groups in total. The van der Waals surface area contributed by atoms with Crippen molar-refractivity contribution in [2.75, 3.05) is 19.7 Å². The van der Waals surface area contributed by atoms with E-state index in [1.54, 1.807) is 30.3 Å². The molecule has 5 amide bonds. The molecule has 0 radical (unpaired) electrons. The van der Waals surface area contributed by atoms with E-state index in [1.165, 1.54) is 6.92 Å². The zero-order chi connectivity index (χ0) is 36.9. The summed E-state index contributed by atoms with van der Waals surface area (Å²) in [6.45, 7) is 1.11. The lowest BCUT2D eigenvalue weighted by Crippen LogP contribution is -2.59. The second-order valence-corrected chi connectivity index (χ2v) is 11.2. The molecule has 0 spiro atoms. The minimum absolute atomic E-state index is 0.0473. The lowest BCUT2D eigenvalue weighted by atomic mass is 10.0. The van der Waals surface area contributed by atoms with Gasteiger partial charge in [0.05, 0.1) is 18.5 Å². The Morgan fingerprint density at radius 3 is 1.80 bits per heavy atom. The molecule has 0 saturated heterocycles. The third kappa shape index (κ3) is 17.4. The first-order valence-electron chi connectivity index (χ1n) is 15.6. The number of hydrogen-bond acceptors (Lipinski definition) is 10. The third-order valence-electron chi connectivity index (χ3n) is 7.06. The van der Waals surface area contributed by atoms with Crippen LogP contribution in [0.25, 0.3) is 0 Å². The van der Waals surface area contributed by atoms with Crippen LogP contribution >= 0.6 is 0 Å². The van der Waals surface area contributed by atoms with Gasteiger partial charge in [0.15, 0.2) is 5.96 Å². The Balaban J connectivity index is 3.16. The normalized spacial score (nSPS) is 13.7. The van der Waals surface area contributed by atoms with E-state index in [9.17, 15) is 39.0 Å². The van der Waals surface area contributed by atoms with Crippen LogP contribution < -0.4 is 49.1 Å². The second-order valence-electron chi connectivity index (χ2n) is 11.2. The van der Waals surface area contributed by atoms with Crippen LogP contribution in [0.1, 0.15) is 51.0 Å². The van der Waals surface area contributed by atoms with Gasteiger partial charge >= 0.3 is 5.97 Å². The smallest absolute Gasteiger partial charge is 0.326 e. The summed E-state index contributed by atoms with van der Waals surface area (Å²) in [5, 5.41) is 49.3. The lowest BCUT2D eigenvalue weighted by molar-refractivity contribution is -0.142. The zero-order valence-corrected chi connectivity index (χ0v) is 27.4. The molecule has 0 aliphatic carbocycles. The first-order chi connectivity index (χ1) is 23.1. The molecule has 1 rings (SSSR count). The highest BCUT2D eigenvalue weighted by Gasteiger charge is 2.31. The van der Waals surface area contributed by atoms with Crippen molar-refractivity contribution in [1.29, 1.82) is 10.8 Å². The fraction of sp³-hybridized carbons (Fsp3) is 0.533. The number of rotatable bonds is 23. The maximum atomic E-state index is 13.6. The zero-order valence-electron chi connectivity index (χ0n) is 27.4. The quantitative estimate of drug-likeness (QED) is 0.0302. The maximum Gasteiger partial charge on any atom is 0.326 e. The highest BCUT2D eigenvalue weighted by molar-refractivity contribution is 5.95. The third-order valence-corrected chi connectivity index (χ3v) is 7.06. The first-order valence-corrected chi connectivity index (χ1v) is 15.6. The molecule has 0 fully saturated rings. The van der Waals surface area contributed by atoms with Crippen molar-refractivity contribution in [1.82, 2.24) is 31.9 Å². The molecule has 1 aromatic carbocycles. The highest BCUT2D eigenvalue weighted by atomic mass is 16.4. The van der Waals surface area contributed by atoms with E-state index in [4.69, 9.17) is 28.0 Å². The number of aliphatic hydroxyl groups excluding tert-OH is 1. The van der Waals surface area contributed by atoms with Crippen LogP contribution in [0.4, 0.5) is 0 Å². The summed E-state index contributed by atoms with van der Waals surface area (Å²) in [4.78, 5) is 75.7. The van der Waals surface area contributed by atoms with E-state index >= 15 is 0 Å². The first kappa shape index (κ1) is 41.7. The number of nitrogens with two attached hydrogens (primary N) is 3. The number of carbonyl (C=O) groups excluding carboxylic acids is 5. The minimum Gasteiger partial charge on any atom is -0.480 e. The molecule has 0 aliphatic rings. The van der Waals surface area contributed by atoms with Crippen LogP contribution in [0.2, 0.25) is 0 Å². The number of guanidine groups is 1. The van der Waals surface area contributed by atoms with Gasteiger partial charge in [-0.3, -0.25) is 34.8 Å². The number of carboxylic acid groups (broad SMARTS) is 1. The molecule has 0 unspecified atom stereocenters. The molecule has 5 atom stereocenters. The second kappa shape index (κ2) is 22.3. The van der Waals surface area contributed by atoms with Crippen molar-refractivity contribution in [3.63, 3.8) is 0 Å². The standard InChI is InChI=1S/C30H49N11O8/c1-17(31)36-13-5-9-20(38-25(44)19(32)11-12-24(33)43)26(45)40-22(15-18-7-3-2-4-8-18)27(46)41-23(16-42)28(47)39-21(29(48)49)10-6-14-37-30(34)35/h2-4,7-8,19-23,42H,5-6,9-16,32H2,1H3,(H2,31,36)(H2,33,43)(H,38,44)(H,39,47)(H,40,45)(H,41,46)(H,48,49)(H4,34,35,37)/t19-,20-,21-,22-,23-/m0/s1. The van der Waals surface area contributed by atoms with Crippen molar-refractivity contribution < 1.29 is 39.0 Å². The van der Waals surface area contributed by atoms with E-state index < -0.39 is 72.3 Å². The number of hydrogen-bond donors (Lipinski definition) is 13. The molecule has 1 aromatic rings. The molecule has 0 aromatic heterocycles. The summed E-state index contributed by atoms with van der Waals surface area (Å²) in [6, 6.07) is 1.92. The predicted molar refractivity (Wildman–Crippen MR) is 179 cm³/mol. The van der Waals surface area contributed by atoms with Crippen LogP contribution in [0.3, 0.4) is 0 Å². The van der Waals surface area contributed by atoms with E-state index in [2.05, 4.69) is 31.9 Å². The van der Waals surface area contributed by atoms with Crippen molar-refractivity contribution >= 4 is 47.3 Å². The number of carbonyl (C=O) groups is 6. The molecule has 0 heterocycles. The van der Waals surface area contributed by atoms with E-state index in [1.807, 2.05) is 0 Å². The van der Waals surface area contributed by atoms with Gasteiger partial charge in [0.2, 0.25) is 29.5 Å². The summed E-state index contributed by atoms with van der Waals surface area (Å²) < 4.78 is 0.